The zero-order valence-electron chi connectivity index (χ0n) is 12.9. The number of esters is 1. The van der Waals surface area contributed by atoms with E-state index in [0.717, 1.165) is 31.2 Å². The first-order chi connectivity index (χ1) is 10.2. The van der Waals surface area contributed by atoms with Gasteiger partial charge in [-0.15, -0.1) is 0 Å². The Morgan fingerprint density at radius 3 is 2.57 bits per heavy atom. The molecule has 1 aromatic rings. The maximum absolute atomic E-state index is 12.2. The minimum absolute atomic E-state index is 0.0987. The average Bonchev–Trinajstić information content (AvgIpc) is 2.94. The van der Waals surface area contributed by atoms with Gasteiger partial charge in [0.25, 0.3) is 0 Å². The van der Waals surface area contributed by atoms with Crippen molar-refractivity contribution >= 4 is 5.97 Å². The lowest BCUT2D eigenvalue weighted by atomic mass is 9.76. The smallest absolute Gasteiger partial charge is 0.309 e. The first kappa shape index (κ1) is 16.0. The molecule has 21 heavy (non-hydrogen) atoms. The summed E-state index contributed by atoms with van der Waals surface area (Å²) in [7, 11) is 0. The van der Waals surface area contributed by atoms with Gasteiger partial charge in [0.2, 0.25) is 0 Å². The molecular formula is C18H26O3. The summed E-state index contributed by atoms with van der Waals surface area (Å²) in [4.78, 5) is 12.2. The predicted molar refractivity (Wildman–Crippen MR) is 82.6 cm³/mol. The normalized spacial score (nSPS) is 18.4. The molecule has 116 valence electrons. The highest BCUT2D eigenvalue weighted by atomic mass is 16.5. The van der Waals surface area contributed by atoms with Gasteiger partial charge < -0.3 is 9.84 Å². The molecule has 1 unspecified atom stereocenters. The van der Waals surface area contributed by atoms with Crippen molar-refractivity contribution in [2.24, 2.45) is 11.3 Å². The summed E-state index contributed by atoms with van der Waals surface area (Å²) in [5, 5.41) is 9.28. The highest BCUT2D eigenvalue weighted by molar-refractivity contribution is 5.72. The van der Waals surface area contributed by atoms with E-state index < -0.39 is 0 Å². The third-order valence-corrected chi connectivity index (χ3v) is 4.67. The molecule has 1 N–H and O–H groups in total. The van der Waals surface area contributed by atoms with Crippen LogP contribution in [0.4, 0.5) is 0 Å². The van der Waals surface area contributed by atoms with Gasteiger partial charge in [-0.25, -0.2) is 0 Å². The monoisotopic (exact) mass is 290 g/mol. The van der Waals surface area contributed by atoms with Crippen molar-refractivity contribution in [3.63, 3.8) is 0 Å². The van der Waals surface area contributed by atoms with E-state index in [1.807, 2.05) is 37.3 Å². The van der Waals surface area contributed by atoms with Crippen LogP contribution in [0.2, 0.25) is 0 Å². The molecule has 1 aliphatic carbocycles. The molecule has 0 aromatic heterocycles. The van der Waals surface area contributed by atoms with Crippen LogP contribution in [0.1, 0.15) is 51.0 Å². The molecule has 1 aliphatic rings. The molecule has 3 nitrogen and oxygen atoms in total. The Kier molecular flexibility index (Phi) is 5.80. The molecule has 1 fully saturated rings. The van der Waals surface area contributed by atoms with Crippen LogP contribution in [0.15, 0.2) is 30.3 Å². The number of carbonyl (C=O) groups excluding carboxylic acids is 1. The van der Waals surface area contributed by atoms with Gasteiger partial charge in [-0.1, -0.05) is 50.1 Å². The molecule has 0 bridgehead atoms. The number of hydrogen-bond donors (Lipinski definition) is 1. The molecule has 0 spiro atoms. The fourth-order valence-corrected chi connectivity index (χ4v) is 3.52. The summed E-state index contributed by atoms with van der Waals surface area (Å²) in [6, 6.07) is 9.76. The number of rotatable bonds is 7. The zero-order valence-corrected chi connectivity index (χ0v) is 12.9. The Hall–Kier alpha value is -1.35. The summed E-state index contributed by atoms with van der Waals surface area (Å²) in [6.07, 6.45) is 6.33. The van der Waals surface area contributed by atoms with Crippen molar-refractivity contribution in [1.82, 2.24) is 0 Å². The average molecular weight is 290 g/mol. The van der Waals surface area contributed by atoms with Crippen LogP contribution in [0.5, 0.6) is 0 Å². The Morgan fingerprint density at radius 1 is 1.29 bits per heavy atom. The summed E-state index contributed by atoms with van der Waals surface area (Å²) in [5.74, 6) is -0.221. The largest absolute Gasteiger partial charge is 0.461 e. The second-order valence-electron chi connectivity index (χ2n) is 6.38. The van der Waals surface area contributed by atoms with E-state index in [1.54, 1.807) is 0 Å². The number of carbonyl (C=O) groups is 1. The van der Waals surface area contributed by atoms with Crippen molar-refractivity contribution in [3.05, 3.63) is 35.9 Å². The van der Waals surface area contributed by atoms with Crippen LogP contribution in [-0.4, -0.2) is 17.7 Å². The summed E-state index contributed by atoms with van der Waals surface area (Å²) < 4.78 is 5.42. The summed E-state index contributed by atoms with van der Waals surface area (Å²) in [5.41, 5.74) is 1.17. The van der Waals surface area contributed by atoms with Crippen molar-refractivity contribution < 1.29 is 14.6 Å². The second-order valence-corrected chi connectivity index (χ2v) is 6.38. The van der Waals surface area contributed by atoms with E-state index >= 15 is 0 Å². The lowest BCUT2D eigenvalue weighted by molar-refractivity contribution is -0.150. The number of hydrogen-bond acceptors (Lipinski definition) is 3. The maximum Gasteiger partial charge on any atom is 0.309 e. The molecule has 0 heterocycles. The van der Waals surface area contributed by atoms with Gasteiger partial charge >= 0.3 is 5.97 Å². The number of aliphatic hydroxyl groups is 1. The Labute approximate surface area is 127 Å². The Bertz CT molecular complexity index is 435. The maximum atomic E-state index is 12.2. The molecule has 0 aliphatic heterocycles. The van der Waals surface area contributed by atoms with E-state index in [4.69, 9.17) is 4.74 Å². The van der Waals surface area contributed by atoms with Gasteiger partial charge in [0.15, 0.2) is 0 Å². The Balaban J connectivity index is 1.84. The van der Waals surface area contributed by atoms with E-state index in [-0.39, 0.29) is 23.9 Å². The van der Waals surface area contributed by atoms with Gasteiger partial charge in [0.1, 0.15) is 6.61 Å². The lowest BCUT2D eigenvalue weighted by Crippen LogP contribution is -2.26. The van der Waals surface area contributed by atoms with Gasteiger partial charge in [-0.3, -0.25) is 4.79 Å². The first-order valence-corrected chi connectivity index (χ1v) is 7.97. The highest BCUT2D eigenvalue weighted by Gasteiger charge is 2.36. The molecule has 1 atom stereocenters. The summed E-state index contributed by atoms with van der Waals surface area (Å²) >= 11 is 0. The standard InChI is InChI=1S/C18H26O3/c1-15(13-18(11-12-19)9-5-6-10-18)17(20)21-14-16-7-3-2-4-8-16/h2-4,7-8,15,19H,5-6,9-14H2,1H3. The van der Waals surface area contributed by atoms with Crippen molar-refractivity contribution in [3.8, 4) is 0 Å². The zero-order chi connectivity index (χ0) is 15.1. The number of ether oxygens (including phenoxy) is 1. The van der Waals surface area contributed by atoms with E-state index in [0.29, 0.717) is 6.61 Å². The van der Waals surface area contributed by atoms with Gasteiger partial charge in [0, 0.05) is 6.61 Å². The van der Waals surface area contributed by atoms with Crippen LogP contribution in [0.25, 0.3) is 0 Å². The molecule has 3 heteroatoms. The third-order valence-electron chi connectivity index (χ3n) is 4.67. The SMILES string of the molecule is CC(CC1(CCO)CCCC1)C(=O)OCc1ccccc1. The van der Waals surface area contributed by atoms with Gasteiger partial charge in [-0.05, 0) is 36.7 Å². The molecule has 1 aromatic carbocycles. The first-order valence-electron chi connectivity index (χ1n) is 7.97. The van der Waals surface area contributed by atoms with E-state index in [9.17, 15) is 9.90 Å². The van der Waals surface area contributed by atoms with Crippen LogP contribution < -0.4 is 0 Å². The van der Waals surface area contributed by atoms with Crippen LogP contribution in [0, 0.1) is 11.3 Å². The third kappa shape index (κ3) is 4.57. The fraction of sp³-hybridized carbons (Fsp3) is 0.611. The van der Waals surface area contributed by atoms with Crippen LogP contribution >= 0.6 is 0 Å². The summed E-state index contributed by atoms with van der Waals surface area (Å²) in [6.45, 7) is 2.51. The van der Waals surface area contributed by atoms with E-state index in [1.165, 1.54) is 12.8 Å². The quantitative estimate of drug-likeness (QED) is 0.779. The fourth-order valence-electron chi connectivity index (χ4n) is 3.52. The van der Waals surface area contributed by atoms with Crippen molar-refractivity contribution in [2.45, 2.75) is 52.1 Å². The topological polar surface area (TPSA) is 46.5 Å². The van der Waals surface area contributed by atoms with E-state index in [2.05, 4.69) is 0 Å². The minimum Gasteiger partial charge on any atom is -0.461 e. The molecular weight excluding hydrogens is 264 g/mol. The highest BCUT2D eigenvalue weighted by Crippen LogP contribution is 2.45. The predicted octanol–water partition coefficient (Wildman–Crippen LogP) is 3.70. The van der Waals surface area contributed by atoms with Crippen molar-refractivity contribution in [2.75, 3.05) is 6.61 Å². The van der Waals surface area contributed by atoms with Crippen LogP contribution in [-0.2, 0) is 16.1 Å². The molecule has 1 saturated carbocycles. The Morgan fingerprint density at radius 2 is 1.95 bits per heavy atom. The van der Waals surface area contributed by atoms with Gasteiger partial charge in [0.05, 0.1) is 5.92 Å². The van der Waals surface area contributed by atoms with Crippen molar-refractivity contribution in [1.29, 1.82) is 0 Å². The van der Waals surface area contributed by atoms with Gasteiger partial charge in [-0.2, -0.15) is 0 Å². The minimum atomic E-state index is -0.122. The van der Waals surface area contributed by atoms with Crippen LogP contribution in [0.3, 0.4) is 0 Å². The lowest BCUT2D eigenvalue weighted by Gasteiger charge is -2.30. The molecule has 0 radical (unpaired) electrons. The number of benzene rings is 1. The molecule has 0 amide bonds. The number of aliphatic hydroxyl groups excluding tert-OH is 1. The molecule has 2 rings (SSSR count). The second kappa shape index (κ2) is 7.60. The molecule has 0 saturated heterocycles.